The molecule has 0 aliphatic rings. The minimum Gasteiger partial charge on any atom is -0.396 e. The maximum Gasteiger partial charge on any atom is 0.135 e. The maximum atomic E-state index is 8.47. The third-order valence-corrected chi connectivity index (χ3v) is 0.572. The number of aliphatic hydroxyl groups excluding tert-OH is 2. The third kappa shape index (κ3) is 3.42. The summed E-state index contributed by atoms with van der Waals surface area (Å²) in [6, 6.07) is 0. The average Bonchev–Trinajstić information content (AvgIpc) is 1.68. The van der Waals surface area contributed by atoms with Crippen LogP contribution in [0.15, 0.2) is 5.11 Å². The van der Waals surface area contributed by atoms with Gasteiger partial charge in [0.1, 0.15) is 6.23 Å². The molecule has 1 unspecified atom stereocenters. The zero-order valence-electron chi connectivity index (χ0n) is 4.23. The smallest absolute Gasteiger partial charge is 0.135 e. The molecule has 0 aromatic carbocycles. The van der Waals surface area contributed by atoms with Gasteiger partial charge in [0.05, 0.1) is 0 Å². The lowest BCUT2D eigenvalue weighted by Gasteiger charge is -1.95. The molecule has 0 saturated heterocycles. The van der Waals surface area contributed by atoms with Gasteiger partial charge in [0.15, 0.2) is 0 Å². The molecule has 0 bridgehead atoms. The lowest BCUT2D eigenvalue weighted by atomic mass is 10.4. The van der Waals surface area contributed by atoms with Gasteiger partial charge in [-0.25, -0.2) is 0 Å². The van der Waals surface area contributed by atoms with E-state index in [4.69, 9.17) is 15.7 Å². The van der Waals surface area contributed by atoms with E-state index in [2.05, 4.69) is 10.0 Å². The Bertz CT molecular complexity index is 98.7. The zero-order chi connectivity index (χ0) is 6.41. The first-order valence-electron chi connectivity index (χ1n) is 2.14. The number of aliphatic hydroxyl groups is 2. The summed E-state index contributed by atoms with van der Waals surface area (Å²) in [5, 5.41) is 19.5. The summed E-state index contributed by atoms with van der Waals surface area (Å²) in [5.74, 6) is 0. The minimum absolute atomic E-state index is 0.101. The zero-order valence-corrected chi connectivity index (χ0v) is 4.23. The Morgan fingerprint density at radius 3 is 2.75 bits per heavy atom. The Hall–Kier alpha value is -0.770. The van der Waals surface area contributed by atoms with Gasteiger partial charge in [0.2, 0.25) is 0 Å². The van der Waals surface area contributed by atoms with Crippen LogP contribution < -0.4 is 0 Å². The van der Waals surface area contributed by atoms with Gasteiger partial charge in [-0.2, -0.15) is 0 Å². The van der Waals surface area contributed by atoms with E-state index in [1.165, 1.54) is 0 Å². The number of azide groups is 1. The third-order valence-electron chi connectivity index (χ3n) is 0.572. The SMILES string of the molecule is [N-]=[N+]=NC(O)CCO. The highest BCUT2D eigenvalue weighted by Crippen LogP contribution is 1.89. The number of hydrogen-bond donors (Lipinski definition) is 2. The van der Waals surface area contributed by atoms with E-state index in [0.29, 0.717) is 0 Å². The number of rotatable bonds is 3. The van der Waals surface area contributed by atoms with Crippen molar-refractivity contribution >= 4 is 0 Å². The Morgan fingerprint density at radius 2 is 2.38 bits per heavy atom. The Balaban J connectivity index is 3.31. The largest absolute Gasteiger partial charge is 0.396 e. The van der Waals surface area contributed by atoms with Crippen LogP contribution >= 0.6 is 0 Å². The highest BCUT2D eigenvalue weighted by molar-refractivity contribution is 4.50. The summed E-state index contributed by atoms with van der Waals surface area (Å²) in [4.78, 5) is 2.32. The van der Waals surface area contributed by atoms with Crippen molar-refractivity contribution in [3.8, 4) is 0 Å². The van der Waals surface area contributed by atoms with Gasteiger partial charge in [0.25, 0.3) is 0 Å². The first-order chi connectivity index (χ1) is 3.81. The van der Waals surface area contributed by atoms with Gasteiger partial charge in [0, 0.05) is 17.9 Å². The van der Waals surface area contributed by atoms with Gasteiger partial charge < -0.3 is 10.2 Å². The van der Waals surface area contributed by atoms with E-state index in [9.17, 15) is 0 Å². The fourth-order valence-electron chi connectivity index (χ4n) is 0.233. The molecule has 46 valence electrons. The van der Waals surface area contributed by atoms with Crippen molar-refractivity contribution < 1.29 is 10.2 Å². The van der Waals surface area contributed by atoms with Crippen molar-refractivity contribution in [1.82, 2.24) is 0 Å². The molecule has 5 nitrogen and oxygen atoms in total. The van der Waals surface area contributed by atoms with Gasteiger partial charge in [-0.3, -0.25) is 0 Å². The molecular formula is C3H7N3O2. The second-order valence-electron chi connectivity index (χ2n) is 1.20. The van der Waals surface area contributed by atoms with Gasteiger partial charge in [-0.05, 0) is 5.53 Å². The van der Waals surface area contributed by atoms with Crippen molar-refractivity contribution in [2.75, 3.05) is 6.61 Å². The van der Waals surface area contributed by atoms with Crippen LogP contribution in [0.3, 0.4) is 0 Å². The summed E-state index contributed by atoms with van der Waals surface area (Å²) in [6.07, 6.45) is -0.977. The fourth-order valence-corrected chi connectivity index (χ4v) is 0.233. The van der Waals surface area contributed by atoms with Crippen molar-refractivity contribution in [3.63, 3.8) is 0 Å². The number of nitrogens with zero attached hydrogens (tertiary/aromatic N) is 3. The maximum absolute atomic E-state index is 8.47. The molecule has 0 aliphatic carbocycles. The first-order valence-corrected chi connectivity index (χ1v) is 2.14. The molecule has 8 heavy (non-hydrogen) atoms. The van der Waals surface area contributed by atoms with Gasteiger partial charge in [-0.15, -0.1) is 0 Å². The molecule has 0 heterocycles. The topological polar surface area (TPSA) is 89.2 Å². The Labute approximate surface area is 46.2 Å². The van der Waals surface area contributed by atoms with Gasteiger partial charge >= 0.3 is 0 Å². The highest BCUT2D eigenvalue weighted by Gasteiger charge is 1.95. The predicted molar refractivity (Wildman–Crippen MR) is 26.9 cm³/mol. The molecule has 0 spiro atoms. The van der Waals surface area contributed by atoms with Crippen LogP contribution in [0.2, 0.25) is 0 Å². The van der Waals surface area contributed by atoms with Crippen LogP contribution in [0.4, 0.5) is 0 Å². The van der Waals surface area contributed by atoms with E-state index in [1.54, 1.807) is 0 Å². The Kier molecular flexibility index (Phi) is 3.97. The van der Waals surface area contributed by atoms with Gasteiger partial charge in [-0.1, -0.05) is 5.11 Å². The lowest BCUT2D eigenvalue weighted by Crippen LogP contribution is -2.02. The van der Waals surface area contributed by atoms with Crippen LogP contribution in [0, 0.1) is 0 Å². The lowest BCUT2D eigenvalue weighted by molar-refractivity contribution is 0.139. The summed E-state index contributed by atoms with van der Waals surface area (Å²) in [7, 11) is 0. The molecule has 0 radical (unpaired) electrons. The normalized spacial score (nSPS) is 12.2. The highest BCUT2D eigenvalue weighted by atomic mass is 16.3. The fraction of sp³-hybridized carbons (Fsp3) is 1.00. The molecule has 5 heteroatoms. The molecule has 0 amide bonds. The standard InChI is InChI=1S/C3H7N3O2/c4-6-5-3(8)1-2-7/h3,7-8H,1-2H2. The molecule has 0 aromatic rings. The summed E-state index contributed by atoms with van der Waals surface area (Å²) >= 11 is 0. The second kappa shape index (κ2) is 4.39. The van der Waals surface area contributed by atoms with Crippen LogP contribution in [-0.4, -0.2) is 23.0 Å². The van der Waals surface area contributed by atoms with E-state index < -0.39 is 6.23 Å². The molecule has 0 rings (SSSR count). The first kappa shape index (κ1) is 7.23. The molecule has 0 aromatic heterocycles. The van der Waals surface area contributed by atoms with Crippen LogP contribution in [0.1, 0.15) is 6.42 Å². The minimum atomic E-state index is -1.08. The van der Waals surface area contributed by atoms with E-state index in [1.807, 2.05) is 0 Å². The molecule has 1 atom stereocenters. The summed E-state index contributed by atoms with van der Waals surface area (Å²) in [5.41, 5.74) is 7.68. The quantitative estimate of drug-likeness (QED) is 0.309. The molecule has 0 fully saturated rings. The van der Waals surface area contributed by atoms with Crippen molar-refractivity contribution in [1.29, 1.82) is 0 Å². The van der Waals surface area contributed by atoms with Crippen molar-refractivity contribution in [2.24, 2.45) is 5.11 Å². The van der Waals surface area contributed by atoms with E-state index in [-0.39, 0.29) is 13.0 Å². The summed E-state index contributed by atoms with van der Waals surface area (Å²) < 4.78 is 0. The summed E-state index contributed by atoms with van der Waals surface area (Å²) in [6.45, 7) is -0.166. The van der Waals surface area contributed by atoms with E-state index in [0.717, 1.165) is 0 Å². The predicted octanol–water partition coefficient (Wildman–Crippen LogP) is -0.00250. The number of hydrogen-bond acceptors (Lipinski definition) is 3. The average molecular weight is 117 g/mol. The Morgan fingerprint density at radius 1 is 1.75 bits per heavy atom. The molecule has 2 N–H and O–H groups in total. The molecule has 0 saturated carbocycles. The van der Waals surface area contributed by atoms with Crippen LogP contribution in [0.5, 0.6) is 0 Å². The van der Waals surface area contributed by atoms with Crippen molar-refractivity contribution in [2.45, 2.75) is 12.6 Å². The van der Waals surface area contributed by atoms with E-state index >= 15 is 0 Å². The molecular weight excluding hydrogens is 110 g/mol. The molecule has 0 aliphatic heterocycles. The monoisotopic (exact) mass is 117 g/mol. The second-order valence-corrected chi connectivity index (χ2v) is 1.20. The van der Waals surface area contributed by atoms with Crippen LogP contribution in [0.25, 0.3) is 10.4 Å². The van der Waals surface area contributed by atoms with Crippen molar-refractivity contribution in [3.05, 3.63) is 10.4 Å². The van der Waals surface area contributed by atoms with Crippen LogP contribution in [-0.2, 0) is 0 Å².